The van der Waals surface area contributed by atoms with E-state index in [0.717, 1.165) is 4.31 Å². The van der Waals surface area contributed by atoms with Crippen molar-refractivity contribution in [1.82, 2.24) is 5.43 Å². The van der Waals surface area contributed by atoms with Gasteiger partial charge in [0.25, 0.3) is 15.9 Å². The van der Waals surface area contributed by atoms with Crippen LogP contribution in [0.3, 0.4) is 0 Å². The van der Waals surface area contributed by atoms with Crippen LogP contribution in [0.5, 0.6) is 5.75 Å². The molecule has 0 spiro atoms. The van der Waals surface area contributed by atoms with Gasteiger partial charge < -0.3 is 5.11 Å². The lowest BCUT2D eigenvalue weighted by atomic mass is 10.2. The molecular formula is C22H20ClN3O4S. The molecule has 0 aromatic heterocycles. The minimum atomic E-state index is -4.05. The molecule has 0 heterocycles. The Labute approximate surface area is 185 Å². The van der Waals surface area contributed by atoms with Crippen molar-refractivity contribution in [3.05, 3.63) is 88.9 Å². The maximum absolute atomic E-state index is 13.3. The van der Waals surface area contributed by atoms with Crippen molar-refractivity contribution >= 4 is 39.4 Å². The van der Waals surface area contributed by atoms with Crippen molar-refractivity contribution in [2.75, 3.05) is 10.8 Å². The first-order valence-electron chi connectivity index (χ1n) is 9.23. The van der Waals surface area contributed by atoms with Crippen LogP contribution in [-0.2, 0) is 14.8 Å². The molecule has 0 saturated heterocycles. The number of rotatable bonds is 7. The molecule has 0 saturated carbocycles. The lowest BCUT2D eigenvalue weighted by Crippen LogP contribution is -2.40. The molecule has 0 aliphatic heterocycles. The zero-order valence-corrected chi connectivity index (χ0v) is 18.1. The molecule has 9 heteroatoms. The number of nitrogens with zero attached hydrogens (tertiary/aromatic N) is 2. The number of halogens is 1. The van der Waals surface area contributed by atoms with Gasteiger partial charge in [0, 0.05) is 10.6 Å². The third-order valence-electron chi connectivity index (χ3n) is 4.39. The van der Waals surface area contributed by atoms with Gasteiger partial charge in [-0.3, -0.25) is 9.10 Å². The fourth-order valence-corrected chi connectivity index (χ4v) is 4.47. The summed E-state index contributed by atoms with van der Waals surface area (Å²) in [6.45, 7) is 1.21. The standard InChI is InChI=1S/C22H20ClN3O4S/c1-16-11-12-18(23)13-20(16)26(31(29,30)19-8-3-2-4-9-19)15-22(28)25-24-14-17-7-5-6-10-21(17)27/h2-14,27H,15H2,1H3,(H,25,28)/b24-14+. The van der Waals surface area contributed by atoms with E-state index < -0.39 is 22.5 Å². The van der Waals surface area contributed by atoms with Crippen LogP contribution in [0.2, 0.25) is 5.02 Å². The third kappa shape index (κ3) is 5.42. The summed E-state index contributed by atoms with van der Waals surface area (Å²) in [7, 11) is -4.05. The highest BCUT2D eigenvalue weighted by Gasteiger charge is 2.28. The molecule has 31 heavy (non-hydrogen) atoms. The van der Waals surface area contributed by atoms with Crippen molar-refractivity contribution in [2.24, 2.45) is 5.10 Å². The fourth-order valence-electron chi connectivity index (χ4n) is 2.81. The van der Waals surface area contributed by atoms with Gasteiger partial charge in [0.15, 0.2) is 0 Å². The molecule has 3 rings (SSSR count). The predicted octanol–water partition coefficient (Wildman–Crippen LogP) is 3.70. The molecule has 0 radical (unpaired) electrons. The number of carbonyl (C=O) groups is 1. The number of phenols is 1. The molecule has 0 atom stereocenters. The number of aromatic hydroxyl groups is 1. The predicted molar refractivity (Wildman–Crippen MR) is 121 cm³/mol. The van der Waals surface area contributed by atoms with Gasteiger partial charge in [-0.25, -0.2) is 13.8 Å². The Hall–Kier alpha value is -3.36. The van der Waals surface area contributed by atoms with E-state index in [-0.39, 0.29) is 16.3 Å². The third-order valence-corrected chi connectivity index (χ3v) is 6.40. The van der Waals surface area contributed by atoms with Crippen LogP contribution in [0.15, 0.2) is 82.8 Å². The summed E-state index contributed by atoms with van der Waals surface area (Å²) in [5, 5.41) is 13.9. The van der Waals surface area contributed by atoms with E-state index in [2.05, 4.69) is 10.5 Å². The monoisotopic (exact) mass is 457 g/mol. The van der Waals surface area contributed by atoms with E-state index in [1.165, 1.54) is 30.5 Å². The minimum absolute atomic E-state index is 0.00309. The van der Waals surface area contributed by atoms with E-state index in [9.17, 15) is 18.3 Å². The first kappa shape index (κ1) is 22.3. The number of sulfonamides is 1. The summed E-state index contributed by atoms with van der Waals surface area (Å²) in [5.41, 5.74) is 3.62. The smallest absolute Gasteiger partial charge is 0.264 e. The van der Waals surface area contributed by atoms with Gasteiger partial charge in [-0.1, -0.05) is 48.0 Å². The number of hydrogen-bond donors (Lipinski definition) is 2. The highest BCUT2D eigenvalue weighted by Crippen LogP contribution is 2.29. The molecular weight excluding hydrogens is 438 g/mol. The van der Waals surface area contributed by atoms with Crippen molar-refractivity contribution in [2.45, 2.75) is 11.8 Å². The Morgan fingerprint density at radius 1 is 1.10 bits per heavy atom. The van der Waals surface area contributed by atoms with Crippen LogP contribution in [-0.4, -0.2) is 32.2 Å². The highest BCUT2D eigenvalue weighted by atomic mass is 35.5. The van der Waals surface area contributed by atoms with Crippen molar-refractivity contribution in [1.29, 1.82) is 0 Å². The summed E-state index contributed by atoms with van der Waals surface area (Å²) < 4.78 is 27.6. The van der Waals surface area contributed by atoms with Gasteiger partial charge in [0.2, 0.25) is 0 Å². The van der Waals surface area contributed by atoms with Crippen LogP contribution >= 0.6 is 11.6 Å². The molecule has 0 fully saturated rings. The Bertz CT molecular complexity index is 1210. The zero-order valence-electron chi connectivity index (χ0n) is 16.6. The quantitative estimate of drug-likeness (QED) is 0.417. The number of hydrogen-bond acceptors (Lipinski definition) is 5. The normalized spacial score (nSPS) is 11.4. The second-order valence-electron chi connectivity index (χ2n) is 6.61. The Morgan fingerprint density at radius 3 is 2.48 bits per heavy atom. The number of carbonyl (C=O) groups excluding carboxylic acids is 1. The lowest BCUT2D eigenvalue weighted by molar-refractivity contribution is -0.119. The number of benzene rings is 3. The van der Waals surface area contributed by atoms with Gasteiger partial charge in [-0.15, -0.1) is 0 Å². The number of hydrazone groups is 1. The molecule has 1 amide bonds. The number of anilines is 1. The number of amides is 1. The van der Waals surface area contributed by atoms with Crippen LogP contribution in [0.25, 0.3) is 0 Å². The van der Waals surface area contributed by atoms with Crippen LogP contribution in [0.1, 0.15) is 11.1 Å². The van der Waals surface area contributed by atoms with Crippen molar-refractivity contribution < 1.29 is 18.3 Å². The van der Waals surface area contributed by atoms with Crippen LogP contribution in [0.4, 0.5) is 5.69 Å². The maximum atomic E-state index is 13.3. The summed E-state index contributed by atoms with van der Waals surface area (Å²) in [6, 6.07) is 19.1. The summed E-state index contributed by atoms with van der Waals surface area (Å²) in [6.07, 6.45) is 1.27. The number of nitrogens with one attached hydrogen (secondary N) is 1. The first-order valence-corrected chi connectivity index (χ1v) is 11.0. The highest BCUT2D eigenvalue weighted by molar-refractivity contribution is 7.92. The average molecular weight is 458 g/mol. The minimum Gasteiger partial charge on any atom is -0.507 e. The van der Waals surface area contributed by atoms with E-state index >= 15 is 0 Å². The molecule has 160 valence electrons. The van der Waals surface area contributed by atoms with Gasteiger partial charge in [0.05, 0.1) is 16.8 Å². The van der Waals surface area contributed by atoms with E-state index in [1.807, 2.05) is 0 Å². The molecule has 3 aromatic rings. The molecule has 0 unspecified atom stereocenters. The van der Waals surface area contributed by atoms with Crippen molar-refractivity contribution in [3.8, 4) is 5.75 Å². The fraction of sp³-hybridized carbons (Fsp3) is 0.0909. The molecule has 0 aliphatic rings. The van der Waals surface area contributed by atoms with Crippen LogP contribution < -0.4 is 9.73 Å². The molecule has 2 N–H and O–H groups in total. The van der Waals surface area contributed by atoms with Crippen LogP contribution in [0, 0.1) is 6.92 Å². The van der Waals surface area contributed by atoms with E-state index in [4.69, 9.17) is 11.6 Å². The second-order valence-corrected chi connectivity index (χ2v) is 8.91. The van der Waals surface area contributed by atoms with Gasteiger partial charge in [-0.05, 0) is 48.9 Å². The van der Waals surface area contributed by atoms with E-state index in [1.54, 1.807) is 55.5 Å². The maximum Gasteiger partial charge on any atom is 0.264 e. The number of para-hydroxylation sites is 1. The average Bonchev–Trinajstić information content (AvgIpc) is 2.76. The van der Waals surface area contributed by atoms with E-state index in [0.29, 0.717) is 16.1 Å². The lowest BCUT2D eigenvalue weighted by Gasteiger charge is -2.25. The molecule has 0 bridgehead atoms. The van der Waals surface area contributed by atoms with Gasteiger partial charge in [0.1, 0.15) is 12.3 Å². The summed E-state index contributed by atoms with van der Waals surface area (Å²) in [4.78, 5) is 12.6. The molecule has 7 nitrogen and oxygen atoms in total. The Kier molecular flexibility index (Phi) is 6.94. The number of aryl methyl sites for hydroxylation is 1. The first-order chi connectivity index (χ1) is 14.8. The second kappa shape index (κ2) is 9.63. The van der Waals surface area contributed by atoms with Gasteiger partial charge >= 0.3 is 0 Å². The van der Waals surface area contributed by atoms with Crippen molar-refractivity contribution in [3.63, 3.8) is 0 Å². The number of phenolic OH excluding ortho intramolecular Hbond substituents is 1. The Balaban J connectivity index is 1.89. The molecule has 3 aromatic carbocycles. The topological polar surface area (TPSA) is 99.1 Å². The van der Waals surface area contributed by atoms with Gasteiger partial charge in [-0.2, -0.15) is 5.10 Å². The Morgan fingerprint density at radius 2 is 1.77 bits per heavy atom. The zero-order chi connectivity index (χ0) is 22.4. The summed E-state index contributed by atoms with van der Waals surface area (Å²) >= 11 is 6.09. The summed E-state index contributed by atoms with van der Waals surface area (Å²) in [5.74, 6) is -0.658. The SMILES string of the molecule is Cc1ccc(Cl)cc1N(CC(=O)N/N=C/c1ccccc1O)S(=O)(=O)c1ccccc1. The largest absolute Gasteiger partial charge is 0.507 e. The molecule has 0 aliphatic carbocycles.